The lowest BCUT2D eigenvalue weighted by Crippen LogP contribution is -1.96. The highest BCUT2D eigenvalue weighted by Crippen LogP contribution is 2.36. The fourth-order valence-corrected chi connectivity index (χ4v) is 2.76. The Morgan fingerprint density at radius 3 is 2.00 bits per heavy atom. The number of phenols is 1. The molecule has 0 saturated carbocycles. The summed E-state index contributed by atoms with van der Waals surface area (Å²) in [6, 6.07) is -12.9. The van der Waals surface area contributed by atoms with E-state index in [0.717, 1.165) is 4.57 Å². The molecule has 2 nitrogen and oxygen atoms in total. The van der Waals surface area contributed by atoms with Crippen LogP contribution in [0.2, 0.25) is 0 Å². The average molecular weight is 352 g/mol. The van der Waals surface area contributed by atoms with Crippen molar-refractivity contribution < 1.29 is 27.0 Å². The number of nitrogens with zero attached hydrogens (tertiary/aromatic N) is 1. The first-order valence-electron chi connectivity index (χ1n) is 15.4. The van der Waals surface area contributed by atoms with E-state index in [9.17, 15) is 5.11 Å². The molecule has 124 valence electrons. The minimum atomic E-state index is -1.06. The molecule has 1 aromatic heterocycles. The van der Waals surface area contributed by atoms with Gasteiger partial charge in [0.1, 0.15) is 5.75 Å². The van der Waals surface area contributed by atoms with Gasteiger partial charge in [0.2, 0.25) is 0 Å². The van der Waals surface area contributed by atoms with Gasteiger partial charge in [-0.05, 0) is 35.8 Å². The molecule has 1 heterocycles. The maximum Gasteiger partial charge on any atom is 0.116 e. The fraction of sp³-hybridized carbons (Fsp3) is 0. The van der Waals surface area contributed by atoms with Crippen LogP contribution in [0, 0.1) is 0 Å². The third-order valence-electron chi connectivity index (χ3n) is 3.79. The summed E-state index contributed by atoms with van der Waals surface area (Å²) in [7, 11) is 0. The summed E-state index contributed by atoms with van der Waals surface area (Å²) >= 11 is 0. The molecule has 0 aliphatic heterocycles. The van der Waals surface area contributed by atoms with E-state index < -0.39 is 130 Å². The number of phenolic OH excluding ortho intramolecular Hbond substituents is 1. The van der Waals surface area contributed by atoms with Gasteiger partial charge < -0.3 is 9.67 Å². The molecule has 0 spiro atoms. The minimum absolute atomic E-state index is 0.371. The number of hydrogen-bond acceptors (Lipinski definition) is 1. The van der Waals surface area contributed by atoms with Gasteiger partial charge in [0.15, 0.2) is 0 Å². The lowest BCUT2D eigenvalue weighted by molar-refractivity contribution is 0.475. The zero-order valence-electron chi connectivity index (χ0n) is 28.9. The van der Waals surface area contributed by atoms with Crippen LogP contribution in [-0.4, -0.2) is 9.67 Å². The van der Waals surface area contributed by atoms with Crippen LogP contribution in [0.4, 0.5) is 0 Å². The van der Waals surface area contributed by atoms with Crippen molar-refractivity contribution in [2.45, 2.75) is 0 Å². The summed E-state index contributed by atoms with van der Waals surface area (Å²) in [6.07, 6.45) is 0. The molecule has 0 saturated heterocycles. The largest absolute Gasteiger partial charge is 0.508 e. The summed E-state index contributed by atoms with van der Waals surface area (Å²) in [5.41, 5.74) is -2.97. The normalized spacial score (nSPS) is 19.8. The van der Waals surface area contributed by atoms with Gasteiger partial charge in [0.25, 0.3) is 0 Å². The lowest BCUT2D eigenvalue weighted by atomic mass is 10.0. The summed E-state index contributed by atoms with van der Waals surface area (Å²) in [5, 5.41) is 9.68. The standard InChI is InChI=1S/C24H17NO/c26-18-9-7-8-17(16-18)19-10-1-4-13-22(19)25-23-14-5-2-11-20(23)21-12-3-6-15-24(21)25/h1-16,26H/i1D,2D,3D,4D,5D,6D,7D,8D,9D,10D,11D,12D,13D,14D,15D,16D. The van der Waals surface area contributed by atoms with Crippen molar-refractivity contribution in [3.63, 3.8) is 0 Å². The number of fused-ring (bicyclic) bond motifs is 3. The van der Waals surface area contributed by atoms with Crippen LogP contribution in [0.5, 0.6) is 5.75 Å². The smallest absolute Gasteiger partial charge is 0.116 e. The van der Waals surface area contributed by atoms with Crippen molar-refractivity contribution in [1.29, 1.82) is 0 Å². The molecule has 5 rings (SSSR count). The first-order valence-corrected chi connectivity index (χ1v) is 7.39. The first-order chi connectivity index (χ1) is 19.5. The van der Waals surface area contributed by atoms with Gasteiger partial charge in [-0.3, -0.25) is 0 Å². The molecule has 26 heavy (non-hydrogen) atoms. The monoisotopic (exact) mass is 351 g/mol. The van der Waals surface area contributed by atoms with Gasteiger partial charge in [-0.15, -0.1) is 0 Å². The lowest BCUT2D eigenvalue weighted by Gasteiger charge is -2.14. The Balaban J connectivity index is 2.24. The summed E-state index contributed by atoms with van der Waals surface area (Å²) < 4.78 is 135. The van der Waals surface area contributed by atoms with E-state index in [-0.39, 0.29) is 10.8 Å². The van der Waals surface area contributed by atoms with E-state index in [4.69, 9.17) is 21.9 Å². The van der Waals surface area contributed by atoms with Gasteiger partial charge in [-0.2, -0.15) is 0 Å². The predicted molar refractivity (Wildman–Crippen MR) is 108 cm³/mol. The third-order valence-corrected chi connectivity index (χ3v) is 3.79. The Morgan fingerprint density at radius 1 is 0.654 bits per heavy atom. The Kier molecular flexibility index (Phi) is 1.28. The number of rotatable bonds is 2. The van der Waals surface area contributed by atoms with Crippen LogP contribution in [-0.2, 0) is 0 Å². The third kappa shape index (κ3) is 2.20. The Labute approximate surface area is 174 Å². The fourth-order valence-electron chi connectivity index (χ4n) is 2.76. The Bertz CT molecular complexity index is 1960. The van der Waals surface area contributed by atoms with Crippen LogP contribution >= 0.6 is 0 Å². The van der Waals surface area contributed by atoms with Gasteiger partial charge in [0, 0.05) is 16.3 Å². The average Bonchev–Trinajstić information content (AvgIpc) is 3.32. The second-order valence-corrected chi connectivity index (χ2v) is 5.23. The quantitative estimate of drug-likeness (QED) is 0.405. The zero-order chi connectivity index (χ0) is 31.4. The Hall–Kier alpha value is -3.52. The highest BCUT2D eigenvalue weighted by atomic mass is 16.3. The van der Waals surface area contributed by atoms with E-state index >= 15 is 0 Å². The molecule has 0 unspecified atom stereocenters. The van der Waals surface area contributed by atoms with Crippen molar-refractivity contribution >= 4 is 21.8 Å². The van der Waals surface area contributed by atoms with Gasteiger partial charge in [-0.25, -0.2) is 0 Å². The number of para-hydroxylation sites is 3. The number of aromatic hydroxyl groups is 1. The highest BCUT2D eigenvalue weighted by Gasteiger charge is 2.14. The maximum absolute atomic E-state index is 10.4. The number of aromatic nitrogens is 1. The molecule has 4 aromatic carbocycles. The van der Waals surface area contributed by atoms with E-state index in [0.29, 0.717) is 0 Å². The van der Waals surface area contributed by atoms with Crippen LogP contribution in [0.25, 0.3) is 38.6 Å². The molecule has 0 radical (unpaired) electrons. The van der Waals surface area contributed by atoms with Crippen LogP contribution in [0.1, 0.15) is 21.9 Å². The van der Waals surface area contributed by atoms with E-state index in [2.05, 4.69) is 0 Å². The molecular weight excluding hydrogens is 318 g/mol. The van der Waals surface area contributed by atoms with E-state index in [1.807, 2.05) is 0 Å². The molecular formula is C24H17NO. The number of hydrogen-bond donors (Lipinski definition) is 1. The molecule has 0 bridgehead atoms. The summed E-state index contributed by atoms with van der Waals surface area (Å²) in [5.74, 6) is -1.06. The SMILES string of the molecule is [2H]c1c([2H])c(O)c([2H])c(-c2c([2H])c([2H])c([2H])c([2H])c2-n2c3c([2H])c([2H])c([2H])c([2H])c3c3c([2H])c([2H])c([2H])c([2H])c32)c1[2H]. The predicted octanol–water partition coefficient (Wildman–Crippen LogP) is 6.16. The number of benzene rings is 4. The van der Waals surface area contributed by atoms with Crippen molar-refractivity contribution in [2.24, 2.45) is 0 Å². The summed E-state index contributed by atoms with van der Waals surface area (Å²) in [6.45, 7) is 0. The summed E-state index contributed by atoms with van der Waals surface area (Å²) in [4.78, 5) is 0. The van der Waals surface area contributed by atoms with Crippen molar-refractivity contribution in [3.8, 4) is 22.6 Å². The Morgan fingerprint density at radius 2 is 1.27 bits per heavy atom. The molecule has 0 aliphatic carbocycles. The first kappa shape index (κ1) is 5.75. The molecule has 1 N–H and O–H groups in total. The van der Waals surface area contributed by atoms with Crippen molar-refractivity contribution in [2.75, 3.05) is 0 Å². The zero-order valence-corrected chi connectivity index (χ0v) is 12.9. The minimum Gasteiger partial charge on any atom is -0.508 e. The highest BCUT2D eigenvalue weighted by molar-refractivity contribution is 6.09. The molecule has 5 aromatic rings. The molecule has 0 aliphatic rings. The molecule has 0 atom stereocenters. The van der Waals surface area contributed by atoms with Crippen LogP contribution < -0.4 is 0 Å². The van der Waals surface area contributed by atoms with Crippen LogP contribution in [0.15, 0.2) is 96.7 Å². The second-order valence-electron chi connectivity index (χ2n) is 5.23. The van der Waals surface area contributed by atoms with E-state index in [1.54, 1.807) is 0 Å². The van der Waals surface area contributed by atoms with Gasteiger partial charge in [-0.1, -0.05) is 66.5 Å². The molecule has 0 amide bonds. The van der Waals surface area contributed by atoms with Gasteiger partial charge in [0.05, 0.1) is 38.7 Å². The van der Waals surface area contributed by atoms with E-state index in [1.165, 1.54) is 0 Å². The molecule has 0 fully saturated rings. The van der Waals surface area contributed by atoms with Crippen LogP contribution in [0.3, 0.4) is 0 Å². The van der Waals surface area contributed by atoms with Crippen molar-refractivity contribution in [1.82, 2.24) is 4.57 Å². The second kappa shape index (κ2) is 5.78. The van der Waals surface area contributed by atoms with Crippen molar-refractivity contribution in [3.05, 3.63) is 96.7 Å². The topological polar surface area (TPSA) is 25.2 Å². The maximum atomic E-state index is 10.4. The van der Waals surface area contributed by atoms with Gasteiger partial charge >= 0.3 is 0 Å². The molecule has 2 heteroatoms.